The van der Waals surface area contributed by atoms with Crippen molar-refractivity contribution in [3.05, 3.63) is 71.3 Å². The van der Waals surface area contributed by atoms with Gasteiger partial charge in [-0.15, -0.1) is 0 Å². The molecule has 0 aromatic heterocycles. The van der Waals surface area contributed by atoms with Crippen LogP contribution in [0.1, 0.15) is 48.3 Å². The number of rotatable bonds is 2. The lowest BCUT2D eigenvalue weighted by Crippen LogP contribution is -2.46. The molecular formula is C21H24N2O3. The van der Waals surface area contributed by atoms with Crippen molar-refractivity contribution in [3.63, 3.8) is 0 Å². The molecule has 2 amide bonds. The highest BCUT2D eigenvalue weighted by Gasteiger charge is 2.31. The van der Waals surface area contributed by atoms with Crippen LogP contribution in [-0.2, 0) is 11.3 Å². The van der Waals surface area contributed by atoms with E-state index >= 15 is 0 Å². The van der Waals surface area contributed by atoms with Crippen molar-refractivity contribution in [1.29, 1.82) is 0 Å². The number of carbonyl (C=O) groups excluding carboxylic acids is 2. The molecule has 26 heavy (non-hydrogen) atoms. The van der Waals surface area contributed by atoms with Crippen molar-refractivity contribution in [2.24, 2.45) is 0 Å². The molecule has 1 heterocycles. The summed E-state index contributed by atoms with van der Waals surface area (Å²) in [4.78, 5) is 26.7. The predicted molar refractivity (Wildman–Crippen MR) is 99.7 cm³/mol. The molecule has 0 saturated carbocycles. The van der Waals surface area contributed by atoms with Crippen molar-refractivity contribution in [2.75, 3.05) is 6.54 Å². The van der Waals surface area contributed by atoms with Crippen LogP contribution in [0.2, 0.25) is 0 Å². The Morgan fingerprint density at radius 1 is 1.04 bits per heavy atom. The van der Waals surface area contributed by atoms with Crippen LogP contribution < -0.4 is 5.32 Å². The van der Waals surface area contributed by atoms with Gasteiger partial charge in [-0.05, 0) is 44.0 Å². The fraction of sp³-hybridized carbons (Fsp3) is 0.333. The van der Waals surface area contributed by atoms with E-state index in [9.17, 15) is 9.59 Å². The van der Waals surface area contributed by atoms with Crippen LogP contribution in [0.15, 0.2) is 54.6 Å². The van der Waals surface area contributed by atoms with Gasteiger partial charge in [0.1, 0.15) is 5.60 Å². The summed E-state index contributed by atoms with van der Waals surface area (Å²) in [7, 11) is 0. The second kappa shape index (κ2) is 7.20. The summed E-state index contributed by atoms with van der Waals surface area (Å²) >= 11 is 0. The molecule has 0 bridgehead atoms. The van der Waals surface area contributed by atoms with E-state index in [0.717, 1.165) is 11.1 Å². The topological polar surface area (TPSA) is 58.6 Å². The molecule has 1 unspecified atom stereocenters. The Kier molecular flexibility index (Phi) is 4.98. The molecular weight excluding hydrogens is 328 g/mol. The van der Waals surface area contributed by atoms with Gasteiger partial charge in [0.25, 0.3) is 5.91 Å². The highest BCUT2D eigenvalue weighted by atomic mass is 16.6. The zero-order valence-electron chi connectivity index (χ0n) is 15.4. The Morgan fingerprint density at radius 2 is 1.69 bits per heavy atom. The Bertz CT molecular complexity index is 796. The fourth-order valence-electron chi connectivity index (χ4n) is 3.03. The lowest BCUT2D eigenvalue weighted by atomic mass is 9.95. The third-order valence-electron chi connectivity index (χ3n) is 4.19. The average Bonchev–Trinajstić information content (AvgIpc) is 2.61. The highest BCUT2D eigenvalue weighted by molar-refractivity contribution is 5.94. The van der Waals surface area contributed by atoms with E-state index in [1.807, 2.05) is 63.2 Å². The number of carbonyl (C=O) groups is 2. The summed E-state index contributed by atoms with van der Waals surface area (Å²) in [6, 6.07) is 16.7. The summed E-state index contributed by atoms with van der Waals surface area (Å²) in [5.74, 6) is -0.156. The van der Waals surface area contributed by atoms with Crippen LogP contribution in [0, 0.1) is 0 Å². The maximum absolute atomic E-state index is 12.6. The van der Waals surface area contributed by atoms with Gasteiger partial charge in [0.15, 0.2) is 0 Å². The first-order valence-corrected chi connectivity index (χ1v) is 8.75. The molecule has 136 valence electrons. The van der Waals surface area contributed by atoms with Gasteiger partial charge in [-0.2, -0.15) is 0 Å². The van der Waals surface area contributed by atoms with Crippen LogP contribution in [0.5, 0.6) is 0 Å². The van der Waals surface area contributed by atoms with Gasteiger partial charge in [-0.1, -0.05) is 42.5 Å². The molecule has 0 fully saturated rings. The van der Waals surface area contributed by atoms with Gasteiger partial charge < -0.3 is 15.0 Å². The SMILES string of the molecule is CC(C)(C)OC(=O)N1Cc2ccccc2C(NC(=O)c2ccccc2)C1. The third kappa shape index (κ3) is 4.23. The Labute approximate surface area is 154 Å². The lowest BCUT2D eigenvalue weighted by Gasteiger charge is -2.36. The van der Waals surface area contributed by atoms with E-state index in [1.165, 1.54) is 0 Å². The summed E-state index contributed by atoms with van der Waals surface area (Å²) < 4.78 is 5.50. The molecule has 2 aromatic rings. The number of nitrogens with one attached hydrogen (secondary N) is 1. The van der Waals surface area contributed by atoms with Gasteiger partial charge in [-0.3, -0.25) is 4.79 Å². The molecule has 3 rings (SSSR count). The summed E-state index contributed by atoms with van der Waals surface area (Å²) in [6.07, 6.45) is -0.369. The van der Waals surface area contributed by atoms with Gasteiger partial charge in [-0.25, -0.2) is 4.79 Å². The maximum atomic E-state index is 12.6. The molecule has 0 spiro atoms. The Balaban J connectivity index is 1.82. The highest BCUT2D eigenvalue weighted by Crippen LogP contribution is 2.28. The number of benzene rings is 2. The number of nitrogens with zero attached hydrogens (tertiary/aromatic N) is 1. The Hall–Kier alpha value is -2.82. The van der Waals surface area contributed by atoms with E-state index in [1.54, 1.807) is 17.0 Å². The first kappa shape index (κ1) is 18.0. The minimum absolute atomic E-state index is 0.156. The molecule has 1 N–H and O–H groups in total. The molecule has 0 aliphatic carbocycles. The van der Waals surface area contributed by atoms with E-state index < -0.39 is 5.60 Å². The first-order chi connectivity index (χ1) is 12.3. The van der Waals surface area contributed by atoms with Crippen LogP contribution in [0.25, 0.3) is 0 Å². The number of hydrogen-bond acceptors (Lipinski definition) is 3. The minimum atomic E-state index is -0.559. The fourth-order valence-corrected chi connectivity index (χ4v) is 3.03. The largest absolute Gasteiger partial charge is 0.444 e. The van der Waals surface area contributed by atoms with Crippen molar-refractivity contribution in [3.8, 4) is 0 Å². The number of ether oxygens (including phenoxy) is 1. The maximum Gasteiger partial charge on any atom is 0.410 e. The van der Waals surface area contributed by atoms with Gasteiger partial charge in [0, 0.05) is 18.7 Å². The van der Waals surface area contributed by atoms with Crippen LogP contribution in [-0.4, -0.2) is 29.0 Å². The normalized spacial score (nSPS) is 16.6. The summed E-state index contributed by atoms with van der Waals surface area (Å²) in [5.41, 5.74) is 2.09. The zero-order valence-corrected chi connectivity index (χ0v) is 15.4. The monoisotopic (exact) mass is 352 g/mol. The number of amides is 2. The average molecular weight is 352 g/mol. The molecule has 1 aliphatic rings. The van der Waals surface area contributed by atoms with E-state index in [-0.39, 0.29) is 18.0 Å². The second-order valence-corrected chi connectivity index (χ2v) is 7.45. The molecule has 0 radical (unpaired) electrons. The lowest BCUT2D eigenvalue weighted by molar-refractivity contribution is 0.0194. The van der Waals surface area contributed by atoms with Gasteiger partial charge >= 0.3 is 6.09 Å². The van der Waals surface area contributed by atoms with Crippen molar-refractivity contribution >= 4 is 12.0 Å². The Morgan fingerprint density at radius 3 is 2.38 bits per heavy atom. The quantitative estimate of drug-likeness (QED) is 0.891. The first-order valence-electron chi connectivity index (χ1n) is 8.75. The van der Waals surface area contributed by atoms with Gasteiger partial charge in [0.2, 0.25) is 0 Å². The molecule has 1 aliphatic heterocycles. The second-order valence-electron chi connectivity index (χ2n) is 7.45. The minimum Gasteiger partial charge on any atom is -0.444 e. The summed E-state index contributed by atoms with van der Waals surface area (Å²) in [6.45, 7) is 6.39. The predicted octanol–water partition coefficient (Wildman–Crippen LogP) is 3.91. The van der Waals surface area contributed by atoms with Crippen LogP contribution >= 0.6 is 0 Å². The van der Waals surface area contributed by atoms with E-state index in [4.69, 9.17) is 4.74 Å². The third-order valence-corrected chi connectivity index (χ3v) is 4.19. The molecule has 5 nitrogen and oxygen atoms in total. The summed E-state index contributed by atoms with van der Waals surface area (Å²) in [5, 5.41) is 3.05. The van der Waals surface area contributed by atoms with Crippen LogP contribution in [0.3, 0.4) is 0 Å². The van der Waals surface area contributed by atoms with Crippen molar-refractivity contribution in [2.45, 2.75) is 39.0 Å². The van der Waals surface area contributed by atoms with E-state index in [0.29, 0.717) is 18.7 Å². The zero-order chi connectivity index (χ0) is 18.7. The van der Waals surface area contributed by atoms with Crippen molar-refractivity contribution < 1.29 is 14.3 Å². The smallest absolute Gasteiger partial charge is 0.410 e. The molecule has 5 heteroatoms. The molecule has 1 atom stereocenters. The van der Waals surface area contributed by atoms with Crippen LogP contribution in [0.4, 0.5) is 4.79 Å². The van der Waals surface area contributed by atoms with Gasteiger partial charge in [0.05, 0.1) is 6.04 Å². The molecule has 2 aromatic carbocycles. The van der Waals surface area contributed by atoms with Crippen molar-refractivity contribution in [1.82, 2.24) is 10.2 Å². The van der Waals surface area contributed by atoms with E-state index in [2.05, 4.69) is 5.32 Å². The number of fused-ring (bicyclic) bond motifs is 1. The standard InChI is InChI=1S/C21H24N2O3/c1-21(2,3)26-20(25)23-13-16-11-7-8-12-17(16)18(14-23)22-19(24)15-9-5-4-6-10-15/h4-12,18H,13-14H2,1-3H3,(H,22,24). The number of hydrogen-bond donors (Lipinski definition) is 1. The molecule has 0 saturated heterocycles.